The molecule has 0 aromatic carbocycles. The summed E-state index contributed by atoms with van der Waals surface area (Å²) in [6.45, 7) is 4.22. The molecule has 0 aromatic heterocycles. The summed E-state index contributed by atoms with van der Waals surface area (Å²) in [5.74, 6) is -3.62. The van der Waals surface area contributed by atoms with E-state index in [1.807, 2.05) is 6.92 Å². The van der Waals surface area contributed by atoms with Crippen LogP contribution in [0.15, 0.2) is 0 Å². The molecule has 0 aliphatic carbocycles. The third kappa shape index (κ3) is 7.58. The van der Waals surface area contributed by atoms with Crippen LogP contribution in [0.3, 0.4) is 0 Å². The number of carboxylic acid groups (broad SMARTS) is 1. The number of hydrogen-bond acceptors (Lipinski definition) is 7. The number of hydrogen-bond donors (Lipinski definition) is 7. The van der Waals surface area contributed by atoms with Crippen LogP contribution in [-0.2, 0) is 19.2 Å². The summed E-state index contributed by atoms with van der Waals surface area (Å²) < 4.78 is 0. The highest BCUT2D eigenvalue weighted by Crippen LogP contribution is 2.05. The number of rotatable bonds is 11. The second-order valence-electron chi connectivity index (χ2n) is 5.97. The van der Waals surface area contributed by atoms with E-state index in [9.17, 15) is 24.3 Å². The van der Waals surface area contributed by atoms with Crippen molar-refractivity contribution >= 4 is 36.3 Å². The highest BCUT2D eigenvalue weighted by atomic mass is 32.1. The first kappa shape index (κ1) is 24.1. The van der Waals surface area contributed by atoms with E-state index in [1.165, 1.54) is 6.92 Å². The fourth-order valence-electron chi connectivity index (χ4n) is 1.82. The second kappa shape index (κ2) is 11.7. The Balaban J connectivity index is 4.87. The number of amides is 3. The lowest BCUT2D eigenvalue weighted by atomic mass is 9.99. The van der Waals surface area contributed by atoms with Crippen LogP contribution in [0.1, 0.15) is 27.2 Å². The number of carbonyl (C=O) groups is 4. The molecule has 10 nitrogen and oxygen atoms in total. The molecular weight excluding hydrogens is 364 g/mol. The summed E-state index contributed by atoms with van der Waals surface area (Å²) in [6.07, 6.45) is 0.661. The number of aliphatic carboxylic acids is 1. The number of aliphatic hydroxyl groups excluding tert-OH is 1. The SMILES string of the molecule is CCC(C)C(N)C(=O)NC(CO)C(=O)NC(CS)C(=O)NC(C)C(=O)O. The number of carbonyl (C=O) groups excluding carboxylic acids is 3. The number of nitrogens with one attached hydrogen (secondary N) is 3. The molecule has 11 heteroatoms. The van der Waals surface area contributed by atoms with E-state index in [1.54, 1.807) is 6.92 Å². The van der Waals surface area contributed by atoms with E-state index < -0.39 is 54.5 Å². The number of thiol groups is 1. The van der Waals surface area contributed by atoms with Crippen molar-refractivity contribution in [2.75, 3.05) is 12.4 Å². The average molecular weight is 392 g/mol. The Kier molecular flexibility index (Phi) is 10.9. The molecule has 150 valence electrons. The fraction of sp³-hybridized carbons (Fsp3) is 0.733. The van der Waals surface area contributed by atoms with Gasteiger partial charge >= 0.3 is 5.97 Å². The van der Waals surface area contributed by atoms with Gasteiger partial charge in [0, 0.05) is 5.75 Å². The van der Waals surface area contributed by atoms with Crippen molar-refractivity contribution < 1.29 is 29.4 Å². The zero-order valence-electron chi connectivity index (χ0n) is 15.1. The van der Waals surface area contributed by atoms with Gasteiger partial charge in [-0.1, -0.05) is 20.3 Å². The lowest BCUT2D eigenvalue weighted by Crippen LogP contribution is -2.58. The van der Waals surface area contributed by atoms with Crippen molar-refractivity contribution in [3.63, 3.8) is 0 Å². The maximum absolute atomic E-state index is 12.2. The Morgan fingerprint density at radius 3 is 1.92 bits per heavy atom. The van der Waals surface area contributed by atoms with Gasteiger partial charge in [-0.05, 0) is 12.8 Å². The molecule has 0 spiro atoms. The molecular formula is C15H28N4O6S. The van der Waals surface area contributed by atoms with Crippen LogP contribution < -0.4 is 21.7 Å². The number of nitrogens with two attached hydrogens (primary N) is 1. The molecule has 0 aromatic rings. The average Bonchev–Trinajstić information content (AvgIpc) is 2.61. The predicted molar refractivity (Wildman–Crippen MR) is 97.5 cm³/mol. The largest absolute Gasteiger partial charge is 0.480 e. The molecule has 5 atom stereocenters. The summed E-state index contributed by atoms with van der Waals surface area (Å²) in [5, 5.41) is 25.0. The third-order valence-corrected chi connectivity index (χ3v) is 4.29. The first-order valence-corrected chi connectivity index (χ1v) is 8.83. The van der Waals surface area contributed by atoms with Crippen LogP contribution in [-0.4, -0.2) is 70.4 Å². The van der Waals surface area contributed by atoms with Crippen molar-refractivity contribution in [2.45, 2.75) is 51.4 Å². The summed E-state index contributed by atoms with van der Waals surface area (Å²) in [6, 6.07) is -4.43. The van der Waals surface area contributed by atoms with Gasteiger partial charge in [-0.25, -0.2) is 0 Å². The minimum atomic E-state index is -1.30. The van der Waals surface area contributed by atoms with Crippen LogP contribution in [0.4, 0.5) is 0 Å². The minimum absolute atomic E-state index is 0.109. The predicted octanol–water partition coefficient (Wildman–Crippen LogP) is -2.16. The molecule has 0 fully saturated rings. The fourth-order valence-corrected chi connectivity index (χ4v) is 2.07. The number of aliphatic hydroxyl groups is 1. The van der Waals surface area contributed by atoms with Gasteiger partial charge in [0.1, 0.15) is 18.1 Å². The quantitative estimate of drug-likeness (QED) is 0.196. The van der Waals surface area contributed by atoms with Gasteiger partial charge in [0.25, 0.3) is 0 Å². The molecule has 0 rings (SSSR count). The van der Waals surface area contributed by atoms with Gasteiger partial charge < -0.3 is 31.9 Å². The minimum Gasteiger partial charge on any atom is -0.480 e. The summed E-state index contributed by atoms with van der Waals surface area (Å²) in [4.78, 5) is 47.0. The van der Waals surface area contributed by atoms with Crippen molar-refractivity contribution in [1.29, 1.82) is 0 Å². The van der Waals surface area contributed by atoms with Gasteiger partial charge in [0.15, 0.2) is 0 Å². The Hall–Kier alpha value is -1.85. The molecule has 3 amide bonds. The number of carboxylic acids is 1. The van der Waals surface area contributed by atoms with Crippen molar-refractivity contribution in [3.8, 4) is 0 Å². The van der Waals surface area contributed by atoms with E-state index in [2.05, 4.69) is 28.6 Å². The van der Waals surface area contributed by atoms with Gasteiger partial charge in [-0.2, -0.15) is 12.6 Å². The van der Waals surface area contributed by atoms with E-state index in [0.29, 0.717) is 6.42 Å². The second-order valence-corrected chi connectivity index (χ2v) is 6.33. The Morgan fingerprint density at radius 1 is 1.00 bits per heavy atom. The first-order chi connectivity index (χ1) is 12.1. The lowest BCUT2D eigenvalue weighted by molar-refractivity contribution is -0.141. The summed E-state index contributed by atoms with van der Waals surface area (Å²) >= 11 is 3.95. The van der Waals surface area contributed by atoms with Crippen LogP contribution in [0.2, 0.25) is 0 Å². The Bertz CT molecular complexity index is 518. The van der Waals surface area contributed by atoms with Crippen LogP contribution >= 0.6 is 12.6 Å². The highest BCUT2D eigenvalue weighted by Gasteiger charge is 2.29. The molecule has 7 N–H and O–H groups in total. The van der Waals surface area contributed by atoms with Crippen LogP contribution in [0.5, 0.6) is 0 Å². The summed E-state index contributed by atoms with van der Waals surface area (Å²) in [7, 11) is 0. The summed E-state index contributed by atoms with van der Waals surface area (Å²) in [5.41, 5.74) is 5.78. The van der Waals surface area contributed by atoms with E-state index >= 15 is 0 Å². The van der Waals surface area contributed by atoms with Gasteiger partial charge in [-0.15, -0.1) is 0 Å². The van der Waals surface area contributed by atoms with E-state index in [0.717, 1.165) is 0 Å². The molecule has 5 unspecified atom stereocenters. The Labute approximate surface area is 157 Å². The molecule has 0 bridgehead atoms. The van der Waals surface area contributed by atoms with E-state index in [4.69, 9.17) is 10.8 Å². The normalized spacial score (nSPS) is 16.5. The maximum Gasteiger partial charge on any atom is 0.325 e. The van der Waals surface area contributed by atoms with Crippen LogP contribution in [0.25, 0.3) is 0 Å². The molecule has 26 heavy (non-hydrogen) atoms. The van der Waals surface area contributed by atoms with E-state index in [-0.39, 0.29) is 11.7 Å². The third-order valence-electron chi connectivity index (χ3n) is 3.92. The molecule has 0 radical (unpaired) electrons. The van der Waals surface area contributed by atoms with Crippen molar-refractivity contribution in [3.05, 3.63) is 0 Å². The Morgan fingerprint density at radius 2 is 1.50 bits per heavy atom. The topological polar surface area (TPSA) is 171 Å². The molecule has 0 heterocycles. The molecule has 0 saturated heterocycles. The standard InChI is InChI=1S/C15H28N4O6S/c1-4-7(2)11(16)14(23)18-9(5-20)12(21)19-10(6-26)13(22)17-8(3)15(24)25/h7-11,20,26H,4-6,16H2,1-3H3,(H,17,22)(H,18,23)(H,19,21)(H,24,25). The first-order valence-electron chi connectivity index (χ1n) is 8.20. The molecule has 0 aliphatic rings. The van der Waals surface area contributed by atoms with Gasteiger partial charge in [0.05, 0.1) is 12.6 Å². The highest BCUT2D eigenvalue weighted by molar-refractivity contribution is 7.80. The monoisotopic (exact) mass is 392 g/mol. The molecule has 0 aliphatic heterocycles. The molecule has 0 saturated carbocycles. The van der Waals surface area contributed by atoms with Gasteiger partial charge in [0.2, 0.25) is 17.7 Å². The lowest BCUT2D eigenvalue weighted by Gasteiger charge is -2.24. The van der Waals surface area contributed by atoms with Crippen molar-refractivity contribution in [1.82, 2.24) is 16.0 Å². The smallest absolute Gasteiger partial charge is 0.325 e. The van der Waals surface area contributed by atoms with Gasteiger partial charge in [-0.3, -0.25) is 19.2 Å². The van der Waals surface area contributed by atoms with Crippen molar-refractivity contribution in [2.24, 2.45) is 11.7 Å². The zero-order valence-corrected chi connectivity index (χ0v) is 16.0. The maximum atomic E-state index is 12.2. The zero-order chi connectivity index (χ0) is 20.4. The van der Waals surface area contributed by atoms with Crippen LogP contribution in [0, 0.1) is 5.92 Å².